The maximum atomic E-state index is 12.3. The molecule has 0 aliphatic rings. The molecule has 29 heavy (non-hydrogen) atoms. The number of esters is 2. The molecule has 0 radical (unpaired) electrons. The van der Waals surface area contributed by atoms with E-state index < -0.39 is 24.5 Å². The van der Waals surface area contributed by atoms with Gasteiger partial charge in [-0.2, -0.15) is 0 Å². The van der Waals surface area contributed by atoms with E-state index in [1.807, 2.05) is 0 Å². The number of amides is 1. The lowest BCUT2D eigenvalue weighted by Crippen LogP contribution is -2.30. The molecule has 1 aromatic heterocycles. The molecule has 2 N–H and O–H groups in total. The van der Waals surface area contributed by atoms with Gasteiger partial charge in [-0.3, -0.25) is 4.79 Å². The summed E-state index contributed by atoms with van der Waals surface area (Å²) in [6.45, 7) is 5.08. The van der Waals surface area contributed by atoms with Gasteiger partial charge in [0.15, 0.2) is 6.61 Å². The zero-order valence-electron chi connectivity index (χ0n) is 16.4. The fourth-order valence-electron chi connectivity index (χ4n) is 2.78. The third kappa shape index (κ3) is 5.98. The highest BCUT2D eigenvalue weighted by atomic mass is 35.5. The maximum Gasteiger partial charge on any atom is 0.355 e. The molecular weight excluding hydrogens is 419 g/mol. The second-order valence-electron chi connectivity index (χ2n) is 6.26. The lowest BCUT2D eigenvalue weighted by molar-refractivity contribution is -0.124. The van der Waals surface area contributed by atoms with Gasteiger partial charge in [0.25, 0.3) is 5.91 Å². The van der Waals surface area contributed by atoms with E-state index in [2.05, 4.69) is 10.3 Å². The molecule has 1 aromatic carbocycles. The van der Waals surface area contributed by atoms with Crippen LogP contribution in [0.3, 0.4) is 0 Å². The van der Waals surface area contributed by atoms with Gasteiger partial charge >= 0.3 is 11.9 Å². The number of aromatic nitrogens is 1. The van der Waals surface area contributed by atoms with Crippen LogP contribution < -0.4 is 5.32 Å². The quantitative estimate of drug-likeness (QED) is 0.610. The van der Waals surface area contributed by atoms with Crippen LogP contribution in [0, 0.1) is 13.8 Å². The van der Waals surface area contributed by atoms with E-state index >= 15 is 0 Å². The van der Waals surface area contributed by atoms with Crippen LogP contribution in [0.5, 0.6) is 0 Å². The van der Waals surface area contributed by atoms with Gasteiger partial charge in [0.1, 0.15) is 5.69 Å². The van der Waals surface area contributed by atoms with E-state index in [9.17, 15) is 14.4 Å². The number of carbonyl (C=O) groups excluding carboxylic acids is 3. The minimum absolute atomic E-state index is 0.117. The van der Waals surface area contributed by atoms with Crippen molar-refractivity contribution >= 4 is 41.0 Å². The Labute approximate surface area is 178 Å². The molecule has 2 rings (SSSR count). The van der Waals surface area contributed by atoms with Crippen LogP contribution in [0.2, 0.25) is 10.0 Å². The molecule has 0 unspecified atom stereocenters. The predicted octanol–water partition coefficient (Wildman–Crippen LogP) is 3.63. The number of H-pyrrole nitrogens is 1. The van der Waals surface area contributed by atoms with E-state index in [4.69, 9.17) is 32.7 Å². The number of benzene rings is 1. The number of hydrogen-bond acceptors (Lipinski definition) is 5. The number of carbonyl (C=O) groups is 3. The van der Waals surface area contributed by atoms with Gasteiger partial charge in [-0.15, -0.1) is 0 Å². The summed E-state index contributed by atoms with van der Waals surface area (Å²) in [5.74, 6) is -1.69. The largest absolute Gasteiger partial charge is 0.462 e. The van der Waals surface area contributed by atoms with Crippen LogP contribution in [0.1, 0.15) is 44.6 Å². The molecule has 1 amide bonds. The molecule has 156 valence electrons. The Morgan fingerprint density at radius 3 is 2.48 bits per heavy atom. The Morgan fingerprint density at radius 2 is 1.83 bits per heavy atom. The molecule has 9 heteroatoms. The highest BCUT2D eigenvalue weighted by molar-refractivity contribution is 6.35. The summed E-state index contributed by atoms with van der Waals surface area (Å²) in [7, 11) is 0. The van der Waals surface area contributed by atoms with Crippen LogP contribution in [0.4, 0.5) is 0 Å². The van der Waals surface area contributed by atoms with Crippen LogP contribution in [0.15, 0.2) is 18.2 Å². The molecule has 0 aliphatic heterocycles. The molecule has 0 bridgehead atoms. The zero-order valence-corrected chi connectivity index (χ0v) is 17.9. The second-order valence-corrected chi connectivity index (χ2v) is 7.10. The van der Waals surface area contributed by atoms with Crippen molar-refractivity contribution in [3.05, 3.63) is 56.3 Å². The zero-order chi connectivity index (χ0) is 21.6. The molecule has 7 nitrogen and oxygen atoms in total. The van der Waals surface area contributed by atoms with Crippen molar-refractivity contribution in [2.75, 3.05) is 19.8 Å². The summed E-state index contributed by atoms with van der Waals surface area (Å²) in [6.07, 6.45) is 0.507. The lowest BCUT2D eigenvalue weighted by Gasteiger charge is -2.08. The first-order chi connectivity index (χ1) is 13.7. The van der Waals surface area contributed by atoms with Crippen molar-refractivity contribution < 1.29 is 23.9 Å². The predicted molar refractivity (Wildman–Crippen MR) is 110 cm³/mol. The Hall–Kier alpha value is -2.51. The van der Waals surface area contributed by atoms with Gasteiger partial charge in [-0.1, -0.05) is 29.3 Å². The van der Waals surface area contributed by atoms with Crippen molar-refractivity contribution in [1.29, 1.82) is 0 Å². The minimum atomic E-state index is -0.725. The van der Waals surface area contributed by atoms with Crippen LogP contribution >= 0.6 is 23.2 Å². The van der Waals surface area contributed by atoms with Crippen molar-refractivity contribution in [2.45, 2.75) is 27.2 Å². The maximum absolute atomic E-state index is 12.3. The molecule has 2 aromatic rings. The summed E-state index contributed by atoms with van der Waals surface area (Å²) in [5, 5.41) is 3.71. The van der Waals surface area contributed by atoms with Gasteiger partial charge in [0.05, 0.1) is 12.2 Å². The van der Waals surface area contributed by atoms with E-state index in [1.165, 1.54) is 0 Å². The van der Waals surface area contributed by atoms with Gasteiger partial charge in [0.2, 0.25) is 0 Å². The Balaban J connectivity index is 1.86. The SMILES string of the molecule is CCOC(=O)c1c(C)[nH]c(C(=O)OCC(=O)NCCc2ccc(Cl)cc2Cl)c1C. The Bertz CT molecular complexity index is 924. The number of aryl methyl sites for hydroxylation is 1. The number of rotatable bonds is 8. The lowest BCUT2D eigenvalue weighted by atomic mass is 10.1. The van der Waals surface area contributed by atoms with Gasteiger partial charge < -0.3 is 19.8 Å². The minimum Gasteiger partial charge on any atom is -0.462 e. The number of nitrogens with one attached hydrogen (secondary N) is 2. The monoisotopic (exact) mass is 440 g/mol. The second kappa shape index (κ2) is 10.3. The van der Waals surface area contributed by atoms with Crippen molar-refractivity contribution in [3.8, 4) is 0 Å². The number of aromatic amines is 1. The van der Waals surface area contributed by atoms with Gasteiger partial charge in [-0.05, 0) is 50.5 Å². The summed E-state index contributed by atoms with van der Waals surface area (Å²) < 4.78 is 10.0. The molecule has 0 aliphatic carbocycles. The van der Waals surface area contributed by atoms with Crippen molar-refractivity contribution in [2.24, 2.45) is 0 Å². The third-order valence-corrected chi connectivity index (χ3v) is 4.77. The first-order valence-electron chi connectivity index (χ1n) is 8.98. The van der Waals surface area contributed by atoms with E-state index in [1.54, 1.807) is 39.0 Å². The molecule has 0 spiro atoms. The number of hydrogen-bond donors (Lipinski definition) is 2. The van der Waals surface area contributed by atoms with Crippen LogP contribution in [-0.4, -0.2) is 42.6 Å². The summed E-state index contributed by atoms with van der Waals surface area (Å²) in [4.78, 5) is 39.0. The first-order valence-corrected chi connectivity index (χ1v) is 9.74. The summed E-state index contributed by atoms with van der Waals surface area (Å²) in [5.41, 5.74) is 2.17. The van der Waals surface area contributed by atoms with Gasteiger partial charge in [-0.25, -0.2) is 9.59 Å². The molecule has 1 heterocycles. The third-order valence-electron chi connectivity index (χ3n) is 4.19. The van der Waals surface area contributed by atoms with E-state index in [-0.39, 0.29) is 12.3 Å². The highest BCUT2D eigenvalue weighted by Crippen LogP contribution is 2.21. The molecule has 0 fully saturated rings. The number of halogens is 2. The average Bonchev–Trinajstić information content (AvgIpc) is 2.96. The van der Waals surface area contributed by atoms with Crippen LogP contribution in [-0.2, 0) is 20.7 Å². The fourth-order valence-corrected chi connectivity index (χ4v) is 3.28. The smallest absolute Gasteiger partial charge is 0.355 e. The van der Waals surface area contributed by atoms with Gasteiger partial charge in [0, 0.05) is 22.3 Å². The topological polar surface area (TPSA) is 97.5 Å². The van der Waals surface area contributed by atoms with Crippen molar-refractivity contribution in [1.82, 2.24) is 10.3 Å². The normalized spacial score (nSPS) is 10.5. The first kappa shape index (κ1) is 22.8. The van der Waals surface area contributed by atoms with E-state index in [0.29, 0.717) is 39.8 Å². The standard InChI is InChI=1S/C20H22Cl2N2O5/c1-4-28-19(26)17-11(2)18(24-12(17)3)20(27)29-10-16(25)23-8-7-13-5-6-14(21)9-15(13)22/h5-6,9,24H,4,7-8,10H2,1-3H3,(H,23,25). The average molecular weight is 441 g/mol. The fraction of sp³-hybridized carbons (Fsp3) is 0.350. The van der Waals surface area contributed by atoms with Crippen LogP contribution in [0.25, 0.3) is 0 Å². The van der Waals surface area contributed by atoms with Crippen molar-refractivity contribution in [3.63, 3.8) is 0 Å². The Morgan fingerprint density at radius 1 is 1.10 bits per heavy atom. The summed E-state index contributed by atoms with van der Waals surface area (Å²) >= 11 is 11.9. The van der Waals surface area contributed by atoms with E-state index in [0.717, 1.165) is 5.56 Å². The summed E-state index contributed by atoms with van der Waals surface area (Å²) in [6, 6.07) is 5.14. The number of ether oxygens (including phenoxy) is 2. The molecule has 0 saturated heterocycles. The molecule has 0 atom stereocenters. The molecule has 0 saturated carbocycles. The Kier molecular flexibility index (Phi) is 8.10. The highest BCUT2D eigenvalue weighted by Gasteiger charge is 2.24. The molecular formula is C20H22Cl2N2O5.